The molecule has 1 fully saturated rings. The highest BCUT2D eigenvalue weighted by Gasteiger charge is 2.33. The van der Waals surface area contributed by atoms with Gasteiger partial charge < -0.3 is 9.80 Å². The molecule has 20 heavy (non-hydrogen) atoms. The first-order valence-corrected chi connectivity index (χ1v) is 7.03. The molecule has 1 heterocycles. The molecule has 0 aromatic heterocycles. The Morgan fingerprint density at radius 1 is 1.30 bits per heavy atom. The molecule has 1 aromatic rings. The summed E-state index contributed by atoms with van der Waals surface area (Å²) in [6, 6.07) is 9.78. The van der Waals surface area contributed by atoms with E-state index in [9.17, 15) is 4.79 Å². The number of nitriles is 1. The summed E-state index contributed by atoms with van der Waals surface area (Å²) in [5, 5.41) is 9.75. The van der Waals surface area contributed by atoms with Crippen LogP contribution in [0.5, 0.6) is 0 Å². The molecule has 0 atom stereocenters. The smallest absolute Gasteiger partial charge is 0.242 e. The van der Waals surface area contributed by atoms with Gasteiger partial charge in [-0.1, -0.05) is 17.7 Å². The summed E-state index contributed by atoms with van der Waals surface area (Å²) in [6.07, 6.45) is 0. The molecule has 0 bridgehead atoms. The van der Waals surface area contributed by atoms with E-state index in [-0.39, 0.29) is 5.91 Å². The van der Waals surface area contributed by atoms with Gasteiger partial charge in [-0.05, 0) is 32.0 Å². The van der Waals surface area contributed by atoms with Crippen LogP contribution in [0.2, 0.25) is 5.02 Å². The third-order valence-corrected chi connectivity index (χ3v) is 3.79. The van der Waals surface area contributed by atoms with Gasteiger partial charge in [0.2, 0.25) is 5.91 Å². The summed E-state index contributed by atoms with van der Waals surface area (Å²) >= 11 is 5.99. The van der Waals surface area contributed by atoms with E-state index in [0.29, 0.717) is 18.1 Å². The van der Waals surface area contributed by atoms with Crippen LogP contribution in [0, 0.1) is 16.7 Å². The summed E-state index contributed by atoms with van der Waals surface area (Å²) in [5.41, 5.74) is 0.127. The largest absolute Gasteiger partial charge is 0.368 e. The fraction of sp³-hybridized carbons (Fsp3) is 0.467. The highest BCUT2D eigenvalue weighted by atomic mass is 35.5. The Morgan fingerprint density at radius 2 is 1.95 bits per heavy atom. The summed E-state index contributed by atoms with van der Waals surface area (Å²) in [6.45, 7) is 6.12. The van der Waals surface area contributed by atoms with Crippen molar-refractivity contribution in [2.75, 3.05) is 31.1 Å². The molecule has 0 aliphatic carbocycles. The highest BCUT2D eigenvalue weighted by molar-refractivity contribution is 6.30. The maximum atomic E-state index is 12.2. The van der Waals surface area contributed by atoms with Crippen LogP contribution in [-0.2, 0) is 4.79 Å². The van der Waals surface area contributed by atoms with Gasteiger partial charge >= 0.3 is 0 Å². The van der Waals surface area contributed by atoms with Crippen molar-refractivity contribution < 1.29 is 4.79 Å². The van der Waals surface area contributed by atoms with Crippen molar-refractivity contribution in [1.29, 1.82) is 5.26 Å². The first-order chi connectivity index (χ1) is 9.44. The number of nitrogens with zero attached hydrogens (tertiary/aromatic N) is 3. The Labute approximate surface area is 124 Å². The first kappa shape index (κ1) is 14.7. The van der Waals surface area contributed by atoms with E-state index in [1.807, 2.05) is 24.3 Å². The SMILES string of the molecule is CC(C)(C#N)C(=O)N1CCN(c2cccc(Cl)c2)CC1. The maximum absolute atomic E-state index is 12.2. The Bertz CT molecular complexity index is 542. The molecule has 4 nitrogen and oxygen atoms in total. The molecule has 1 aliphatic rings. The second-order valence-corrected chi connectivity index (χ2v) is 5.93. The number of amides is 1. The third kappa shape index (κ3) is 3.05. The van der Waals surface area contributed by atoms with E-state index >= 15 is 0 Å². The standard InChI is InChI=1S/C15H18ClN3O/c1-15(2,11-17)14(20)19-8-6-18(7-9-19)13-5-3-4-12(16)10-13/h3-5,10H,6-9H2,1-2H3. The molecule has 0 saturated carbocycles. The number of rotatable bonds is 2. The zero-order valence-electron chi connectivity index (χ0n) is 11.8. The minimum Gasteiger partial charge on any atom is -0.368 e. The number of carbonyl (C=O) groups excluding carboxylic acids is 1. The van der Waals surface area contributed by atoms with Crippen molar-refractivity contribution in [1.82, 2.24) is 4.90 Å². The lowest BCUT2D eigenvalue weighted by atomic mass is 9.93. The van der Waals surface area contributed by atoms with Crippen LogP contribution in [0.3, 0.4) is 0 Å². The van der Waals surface area contributed by atoms with Crippen LogP contribution in [0.4, 0.5) is 5.69 Å². The highest BCUT2D eigenvalue weighted by Crippen LogP contribution is 2.23. The lowest BCUT2D eigenvalue weighted by Gasteiger charge is -2.38. The Morgan fingerprint density at radius 3 is 2.50 bits per heavy atom. The third-order valence-electron chi connectivity index (χ3n) is 3.55. The van der Waals surface area contributed by atoms with Gasteiger partial charge in [-0.15, -0.1) is 0 Å². The van der Waals surface area contributed by atoms with Gasteiger partial charge in [-0.25, -0.2) is 0 Å². The van der Waals surface area contributed by atoms with E-state index in [1.54, 1.807) is 18.7 Å². The predicted molar refractivity (Wildman–Crippen MR) is 79.6 cm³/mol. The van der Waals surface area contributed by atoms with Gasteiger partial charge in [-0.3, -0.25) is 4.79 Å². The summed E-state index contributed by atoms with van der Waals surface area (Å²) in [5.74, 6) is -0.0919. The Balaban J connectivity index is 2.00. The second-order valence-electron chi connectivity index (χ2n) is 5.50. The quantitative estimate of drug-likeness (QED) is 0.841. The zero-order valence-corrected chi connectivity index (χ0v) is 12.5. The van der Waals surface area contributed by atoms with Crippen LogP contribution in [0.25, 0.3) is 0 Å². The van der Waals surface area contributed by atoms with Gasteiger partial charge in [0.15, 0.2) is 0 Å². The number of piperazine rings is 1. The van der Waals surface area contributed by atoms with Crippen molar-refractivity contribution in [3.63, 3.8) is 0 Å². The fourth-order valence-electron chi connectivity index (χ4n) is 2.28. The van der Waals surface area contributed by atoms with E-state index in [0.717, 1.165) is 18.8 Å². The van der Waals surface area contributed by atoms with Crippen LogP contribution >= 0.6 is 11.6 Å². The van der Waals surface area contributed by atoms with Gasteiger partial charge in [0.25, 0.3) is 0 Å². The normalized spacial score (nSPS) is 15.9. The number of halogens is 1. The maximum Gasteiger partial charge on any atom is 0.242 e. The minimum absolute atomic E-state index is 0.0919. The Kier molecular flexibility index (Phi) is 4.20. The molecule has 1 amide bonds. The number of anilines is 1. The molecule has 0 spiro atoms. The lowest BCUT2D eigenvalue weighted by molar-refractivity contribution is -0.137. The van der Waals surface area contributed by atoms with E-state index in [2.05, 4.69) is 11.0 Å². The van der Waals surface area contributed by atoms with Crippen molar-refractivity contribution in [3.05, 3.63) is 29.3 Å². The molecular weight excluding hydrogens is 274 g/mol. The Hall–Kier alpha value is -1.73. The van der Waals surface area contributed by atoms with Gasteiger partial charge in [0, 0.05) is 36.9 Å². The number of hydrogen-bond donors (Lipinski definition) is 0. The van der Waals surface area contributed by atoms with E-state index < -0.39 is 5.41 Å². The van der Waals surface area contributed by atoms with E-state index in [1.165, 1.54) is 0 Å². The molecule has 0 radical (unpaired) electrons. The number of carbonyl (C=O) groups is 1. The van der Waals surface area contributed by atoms with Crippen LogP contribution in [0.15, 0.2) is 24.3 Å². The molecular formula is C15H18ClN3O. The summed E-state index contributed by atoms with van der Waals surface area (Å²) < 4.78 is 0. The zero-order chi connectivity index (χ0) is 14.8. The summed E-state index contributed by atoms with van der Waals surface area (Å²) in [4.78, 5) is 16.2. The monoisotopic (exact) mass is 291 g/mol. The lowest BCUT2D eigenvalue weighted by Crippen LogP contribution is -2.52. The van der Waals surface area contributed by atoms with Crippen molar-refractivity contribution in [2.45, 2.75) is 13.8 Å². The molecule has 1 aromatic carbocycles. The molecule has 0 N–H and O–H groups in total. The molecule has 1 saturated heterocycles. The predicted octanol–water partition coefficient (Wildman–Crippen LogP) is 2.54. The van der Waals surface area contributed by atoms with Crippen molar-refractivity contribution >= 4 is 23.2 Å². The summed E-state index contributed by atoms with van der Waals surface area (Å²) in [7, 11) is 0. The number of hydrogen-bond acceptors (Lipinski definition) is 3. The van der Waals surface area contributed by atoms with Crippen LogP contribution in [0.1, 0.15) is 13.8 Å². The molecule has 0 unspecified atom stereocenters. The van der Waals surface area contributed by atoms with Crippen LogP contribution in [-0.4, -0.2) is 37.0 Å². The molecule has 5 heteroatoms. The second kappa shape index (κ2) is 5.72. The van der Waals surface area contributed by atoms with E-state index in [4.69, 9.17) is 16.9 Å². The molecule has 2 rings (SSSR count). The minimum atomic E-state index is -0.946. The topological polar surface area (TPSA) is 47.3 Å². The van der Waals surface area contributed by atoms with Gasteiger partial charge in [0.05, 0.1) is 6.07 Å². The average Bonchev–Trinajstić information content (AvgIpc) is 2.46. The molecule has 106 valence electrons. The molecule has 1 aliphatic heterocycles. The first-order valence-electron chi connectivity index (χ1n) is 6.65. The fourth-order valence-corrected chi connectivity index (χ4v) is 2.47. The van der Waals surface area contributed by atoms with Crippen LogP contribution < -0.4 is 4.90 Å². The van der Waals surface area contributed by atoms with Crippen molar-refractivity contribution in [2.24, 2.45) is 5.41 Å². The average molecular weight is 292 g/mol. The number of benzene rings is 1. The van der Waals surface area contributed by atoms with Gasteiger partial charge in [0.1, 0.15) is 5.41 Å². The van der Waals surface area contributed by atoms with Crippen molar-refractivity contribution in [3.8, 4) is 6.07 Å². The van der Waals surface area contributed by atoms with Gasteiger partial charge in [-0.2, -0.15) is 5.26 Å².